The van der Waals surface area contributed by atoms with Crippen LogP contribution in [0.1, 0.15) is 0 Å². The second-order valence-corrected chi connectivity index (χ2v) is 3.96. The number of benzene rings is 1. The van der Waals surface area contributed by atoms with E-state index >= 15 is 0 Å². The van der Waals surface area contributed by atoms with Gasteiger partial charge in [-0.25, -0.2) is 0 Å². The van der Waals surface area contributed by atoms with Gasteiger partial charge in [-0.2, -0.15) is 0 Å². The van der Waals surface area contributed by atoms with Crippen LogP contribution >= 0.6 is 24.8 Å². The standard InChI is InChI=1S/C8H12O2Si.2ClH/c1-9-7-3-5-8(6-4-7)11-10-2;;/h3-6H,11H2,1-2H3;2*1H. The van der Waals surface area contributed by atoms with E-state index < -0.39 is 9.76 Å². The molecule has 2 nitrogen and oxygen atoms in total. The number of halogens is 2. The van der Waals surface area contributed by atoms with E-state index in [4.69, 9.17) is 9.16 Å². The van der Waals surface area contributed by atoms with Crippen LogP contribution in [0.15, 0.2) is 24.3 Å². The summed E-state index contributed by atoms with van der Waals surface area (Å²) in [6.07, 6.45) is 0. The monoisotopic (exact) mass is 240 g/mol. The summed E-state index contributed by atoms with van der Waals surface area (Å²) in [7, 11) is 2.94. The van der Waals surface area contributed by atoms with E-state index in [2.05, 4.69) is 12.1 Å². The van der Waals surface area contributed by atoms with Crippen LogP contribution in [-0.2, 0) is 4.43 Å². The quantitative estimate of drug-likeness (QED) is 0.732. The van der Waals surface area contributed by atoms with E-state index in [0.717, 1.165) is 5.75 Å². The summed E-state index contributed by atoms with van der Waals surface area (Å²) in [5.74, 6) is 0.902. The van der Waals surface area contributed by atoms with E-state index in [1.807, 2.05) is 12.1 Å². The maximum absolute atomic E-state index is 5.10. The average molecular weight is 241 g/mol. The first-order valence-corrected chi connectivity index (χ1v) is 4.77. The molecular formula is C8H14Cl2O2Si. The summed E-state index contributed by atoms with van der Waals surface area (Å²) in [5.41, 5.74) is 0. The van der Waals surface area contributed by atoms with Crippen LogP contribution in [0.3, 0.4) is 0 Å². The third-order valence-corrected chi connectivity index (χ3v) is 2.56. The van der Waals surface area contributed by atoms with Gasteiger partial charge in [-0.15, -0.1) is 24.8 Å². The molecule has 0 unspecified atom stereocenters. The van der Waals surface area contributed by atoms with Gasteiger partial charge in [-0.05, 0) is 17.3 Å². The largest absolute Gasteiger partial charge is 0.497 e. The molecule has 0 heterocycles. The predicted molar refractivity (Wildman–Crippen MR) is 62.7 cm³/mol. The molecule has 13 heavy (non-hydrogen) atoms. The van der Waals surface area contributed by atoms with Crippen molar-refractivity contribution in [2.24, 2.45) is 0 Å². The van der Waals surface area contributed by atoms with E-state index in [0.29, 0.717) is 0 Å². The van der Waals surface area contributed by atoms with E-state index in [-0.39, 0.29) is 24.8 Å². The number of hydrogen-bond acceptors (Lipinski definition) is 2. The lowest BCUT2D eigenvalue weighted by Gasteiger charge is -2.00. The molecule has 0 aliphatic carbocycles. The molecule has 0 spiro atoms. The summed E-state index contributed by atoms with van der Waals surface area (Å²) in [4.78, 5) is 0. The molecule has 0 saturated heterocycles. The van der Waals surface area contributed by atoms with Gasteiger partial charge in [0.25, 0.3) is 0 Å². The van der Waals surface area contributed by atoms with Crippen LogP contribution in [0.5, 0.6) is 5.75 Å². The number of hydrogen-bond donors (Lipinski definition) is 0. The van der Waals surface area contributed by atoms with Crippen molar-refractivity contribution in [2.45, 2.75) is 0 Å². The van der Waals surface area contributed by atoms with Gasteiger partial charge in [0.15, 0.2) is 9.76 Å². The zero-order chi connectivity index (χ0) is 8.10. The Morgan fingerprint density at radius 2 is 1.54 bits per heavy atom. The number of methoxy groups -OCH3 is 1. The molecule has 0 aliphatic heterocycles. The topological polar surface area (TPSA) is 18.5 Å². The van der Waals surface area contributed by atoms with Crippen molar-refractivity contribution in [3.63, 3.8) is 0 Å². The normalized spacial score (nSPS) is 9.08. The zero-order valence-electron chi connectivity index (χ0n) is 7.65. The van der Waals surface area contributed by atoms with Crippen molar-refractivity contribution in [1.82, 2.24) is 0 Å². The smallest absolute Gasteiger partial charge is 0.191 e. The molecule has 0 aliphatic rings. The summed E-state index contributed by atoms with van der Waals surface area (Å²) in [6.45, 7) is 0. The van der Waals surface area contributed by atoms with Crippen LogP contribution in [0, 0.1) is 0 Å². The Hall–Kier alpha value is -0.223. The van der Waals surface area contributed by atoms with Crippen LogP contribution < -0.4 is 9.92 Å². The molecule has 0 radical (unpaired) electrons. The molecule has 0 N–H and O–H groups in total. The van der Waals surface area contributed by atoms with Crippen molar-refractivity contribution in [2.75, 3.05) is 14.2 Å². The highest BCUT2D eigenvalue weighted by atomic mass is 35.5. The van der Waals surface area contributed by atoms with E-state index in [1.54, 1.807) is 14.2 Å². The van der Waals surface area contributed by atoms with Gasteiger partial charge in [0, 0.05) is 7.11 Å². The number of rotatable bonds is 3. The van der Waals surface area contributed by atoms with Crippen LogP contribution in [0.4, 0.5) is 0 Å². The summed E-state index contributed by atoms with van der Waals surface area (Å²) in [6, 6.07) is 8.02. The molecule has 1 aromatic rings. The minimum atomic E-state index is -0.480. The van der Waals surface area contributed by atoms with Crippen molar-refractivity contribution in [3.8, 4) is 5.75 Å². The fourth-order valence-corrected chi connectivity index (χ4v) is 1.65. The van der Waals surface area contributed by atoms with Crippen molar-refractivity contribution >= 4 is 39.8 Å². The molecule has 0 saturated carbocycles. The Bertz CT molecular complexity index is 216. The molecule has 1 aromatic carbocycles. The summed E-state index contributed by atoms with van der Waals surface area (Å²) in [5, 5.41) is 1.30. The van der Waals surface area contributed by atoms with Gasteiger partial charge in [0.05, 0.1) is 7.11 Å². The highest BCUT2D eigenvalue weighted by molar-refractivity contribution is 6.46. The zero-order valence-corrected chi connectivity index (χ0v) is 10.7. The fraction of sp³-hybridized carbons (Fsp3) is 0.250. The molecular weight excluding hydrogens is 227 g/mol. The Kier molecular flexibility index (Phi) is 9.83. The summed E-state index contributed by atoms with van der Waals surface area (Å²) >= 11 is 0. The summed E-state index contributed by atoms with van der Waals surface area (Å²) < 4.78 is 10.1. The Morgan fingerprint density at radius 3 is 1.92 bits per heavy atom. The van der Waals surface area contributed by atoms with E-state index in [9.17, 15) is 0 Å². The van der Waals surface area contributed by atoms with Crippen LogP contribution in [-0.4, -0.2) is 24.0 Å². The first kappa shape index (κ1) is 15.3. The average Bonchev–Trinajstić information content (AvgIpc) is 2.07. The van der Waals surface area contributed by atoms with Gasteiger partial charge in [-0.1, -0.05) is 12.1 Å². The lowest BCUT2D eigenvalue weighted by molar-refractivity contribution is 0.415. The third-order valence-electron chi connectivity index (χ3n) is 1.47. The minimum Gasteiger partial charge on any atom is -0.497 e. The van der Waals surface area contributed by atoms with Gasteiger partial charge in [0.2, 0.25) is 0 Å². The lowest BCUT2D eigenvalue weighted by Crippen LogP contribution is -2.14. The van der Waals surface area contributed by atoms with Crippen molar-refractivity contribution in [1.29, 1.82) is 0 Å². The highest BCUT2D eigenvalue weighted by Gasteiger charge is 1.92. The first-order chi connectivity index (χ1) is 5.36. The first-order valence-electron chi connectivity index (χ1n) is 3.48. The molecule has 0 aromatic heterocycles. The fourth-order valence-electron chi connectivity index (χ4n) is 0.888. The molecule has 0 atom stereocenters. The maximum atomic E-state index is 5.10. The second-order valence-electron chi connectivity index (χ2n) is 2.28. The molecule has 0 bridgehead atoms. The second kappa shape index (κ2) is 8.38. The molecule has 5 heteroatoms. The molecule has 0 amide bonds. The van der Waals surface area contributed by atoms with Crippen molar-refractivity contribution < 1.29 is 9.16 Å². The minimum absolute atomic E-state index is 0. The van der Waals surface area contributed by atoms with Gasteiger partial charge in [-0.3, -0.25) is 0 Å². The maximum Gasteiger partial charge on any atom is 0.191 e. The van der Waals surface area contributed by atoms with Crippen molar-refractivity contribution in [3.05, 3.63) is 24.3 Å². The Labute approximate surface area is 93.4 Å². The van der Waals surface area contributed by atoms with E-state index in [1.165, 1.54) is 5.19 Å². The van der Waals surface area contributed by atoms with Crippen LogP contribution in [0.25, 0.3) is 0 Å². The molecule has 1 rings (SSSR count). The molecule has 76 valence electrons. The van der Waals surface area contributed by atoms with Gasteiger partial charge >= 0.3 is 0 Å². The SMILES string of the molecule is CO[SiH2]c1ccc(OC)cc1.Cl.Cl. The Balaban J connectivity index is 0. The number of ether oxygens (including phenoxy) is 1. The molecule has 0 fully saturated rings. The predicted octanol–water partition coefficient (Wildman–Crippen LogP) is 0.894. The van der Waals surface area contributed by atoms with Crippen LogP contribution in [0.2, 0.25) is 0 Å². The van der Waals surface area contributed by atoms with Gasteiger partial charge < -0.3 is 9.16 Å². The van der Waals surface area contributed by atoms with Gasteiger partial charge in [0.1, 0.15) is 5.75 Å². The lowest BCUT2D eigenvalue weighted by atomic mass is 10.3. The Morgan fingerprint density at radius 1 is 1.00 bits per heavy atom. The third kappa shape index (κ3) is 5.16. The highest BCUT2D eigenvalue weighted by Crippen LogP contribution is 2.04.